The lowest BCUT2D eigenvalue weighted by molar-refractivity contribution is -0.142. The van der Waals surface area contributed by atoms with Gasteiger partial charge < -0.3 is 10.1 Å². The molecule has 0 spiro atoms. The number of anilines is 1. The maximum absolute atomic E-state index is 12.1. The molecule has 0 saturated heterocycles. The predicted octanol–water partition coefficient (Wildman–Crippen LogP) is 4.79. The van der Waals surface area contributed by atoms with Crippen LogP contribution in [-0.4, -0.2) is 24.7 Å². The Morgan fingerprint density at radius 3 is 2.36 bits per heavy atom. The normalized spacial score (nSPS) is 10.5. The minimum absolute atomic E-state index is 0.373. The number of amides is 1. The number of rotatable bonds is 7. The lowest BCUT2D eigenvalue weighted by atomic mass is 10.1. The zero-order chi connectivity index (χ0) is 20.5. The lowest BCUT2D eigenvalue weighted by Gasteiger charge is -2.12. The molecule has 0 fully saturated rings. The van der Waals surface area contributed by atoms with E-state index in [4.69, 9.17) is 10.00 Å². The van der Waals surface area contributed by atoms with Gasteiger partial charge in [-0.2, -0.15) is 5.26 Å². The highest BCUT2D eigenvalue weighted by molar-refractivity contribution is 8.03. The van der Waals surface area contributed by atoms with E-state index in [0.29, 0.717) is 5.69 Å². The van der Waals surface area contributed by atoms with Crippen molar-refractivity contribution in [2.24, 2.45) is 0 Å². The summed E-state index contributed by atoms with van der Waals surface area (Å²) in [5.74, 6) is -1.00. The molecule has 0 saturated carbocycles. The van der Waals surface area contributed by atoms with E-state index in [2.05, 4.69) is 5.32 Å². The Morgan fingerprint density at radius 2 is 1.79 bits per heavy atom. The number of aryl methyl sites for hydroxylation is 2. The van der Waals surface area contributed by atoms with Crippen molar-refractivity contribution in [2.45, 2.75) is 23.6 Å². The number of thiocyanates is 1. The first-order valence-corrected chi connectivity index (χ1v) is 10.4. The van der Waals surface area contributed by atoms with Crippen molar-refractivity contribution >= 4 is 47.2 Å². The summed E-state index contributed by atoms with van der Waals surface area (Å²) in [7, 11) is 0. The smallest absolute Gasteiger partial charge is 0.331 e. The van der Waals surface area contributed by atoms with Crippen molar-refractivity contribution in [3.8, 4) is 5.40 Å². The van der Waals surface area contributed by atoms with E-state index >= 15 is 0 Å². The number of nitrogens with zero attached hydrogens (tertiary/aromatic N) is 1. The second-order valence-electron chi connectivity index (χ2n) is 5.89. The molecule has 0 bridgehead atoms. The third kappa shape index (κ3) is 6.48. The van der Waals surface area contributed by atoms with Gasteiger partial charge in [0.1, 0.15) is 5.40 Å². The second-order valence-corrected chi connectivity index (χ2v) is 7.63. The van der Waals surface area contributed by atoms with Crippen LogP contribution >= 0.6 is 23.5 Å². The minimum atomic E-state index is -0.585. The summed E-state index contributed by atoms with van der Waals surface area (Å²) >= 11 is 2.71. The van der Waals surface area contributed by atoms with E-state index in [1.165, 1.54) is 6.08 Å². The van der Waals surface area contributed by atoms with Crippen LogP contribution < -0.4 is 5.32 Å². The molecule has 0 heterocycles. The standard InChI is InChI=1S/C21H20N2O3S2/c1-14-10-18(28-13-22)11-15(2)21(14)23-19(24)12-26-20(25)9-6-16-4-7-17(27-3)8-5-16/h4-11H,12H2,1-3H3,(H,23,24)/b9-6+. The van der Waals surface area contributed by atoms with Crippen LogP contribution in [-0.2, 0) is 14.3 Å². The first-order chi connectivity index (χ1) is 13.4. The number of thioether (sulfide) groups is 2. The molecule has 2 rings (SSSR count). The summed E-state index contributed by atoms with van der Waals surface area (Å²) < 4.78 is 5.00. The van der Waals surface area contributed by atoms with E-state index in [1.807, 2.05) is 61.9 Å². The van der Waals surface area contributed by atoms with Gasteiger partial charge in [0.05, 0.1) is 0 Å². The molecule has 0 aliphatic carbocycles. The molecular weight excluding hydrogens is 392 g/mol. The van der Waals surface area contributed by atoms with Gasteiger partial charge in [0.25, 0.3) is 5.91 Å². The quantitative estimate of drug-likeness (QED) is 0.305. The molecular formula is C21H20N2O3S2. The van der Waals surface area contributed by atoms with Crippen LogP contribution in [0.25, 0.3) is 6.08 Å². The van der Waals surface area contributed by atoms with Crippen molar-refractivity contribution in [3.63, 3.8) is 0 Å². The molecule has 7 heteroatoms. The molecule has 0 aliphatic heterocycles. The van der Waals surface area contributed by atoms with Crippen LogP contribution in [0.1, 0.15) is 16.7 Å². The van der Waals surface area contributed by atoms with Gasteiger partial charge in [0, 0.05) is 21.6 Å². The van der Waals surface area contributed by atoms with E-state index < -0.39 is 11.9 Å². The van der Waals surface area contributed by atoms with E-state index in [9.17, 15) is 9.59 Å². The Morgan fingerprint density at radius 1 is 1.14 bits per heavy atom. The van der Waals surface area contributed by atoms with Gasteiger partial charge in [0.2, 0.25) is 0 Å². The number of benzene rings is 2. The monoisotopic (exact) mass is 412 g/mol. The summed E-state index contributed by atoms with van der Waals surface area (Å²) in [4.78, 5) is 25.9. The van der Waals surface area contributed by atoms with Crippen LogP contribution in [0.5, 0.6) is 0 Å². The topological polar surface area (TPSA) is 79.2 Å². The summed E-state index contributed by atoms with van der Waals surface area (Å²) in [6.45, 7) is 3.32. The number of hydrogen-bond acceptors (Lipinski definition) is 6. The van der Waals surface area contributed by atoms with Gasteiger partial charge in [-0.25, -0.2) is 4.79 Å². The molecule has 1 amide bonds. The molecule has 2 aromatic carbocycles. The summed E-state index contributed by atoms with van der Waals surface area (Å²) in [6, 6.07) is 11.4. The number of ether oxygens (including phenoxy) is 1. The molecule has 1 N–H and O–H groups in total. The maximum Gasteiger partial charge on any atom is 0.331 e. The summed E-state index contributed by atoms with van der Waals surface area (Å²) in [6.07, 6.45) is 4.94. The molecule has 5 nitrogen and oxygen atoms in total. The van der Waals surface area contributed by atoms with Crippen LogP contribution in [0, 0.1) is 24.5 Å². The van der Waals surface area contributed by atoms with Crippen molar-refractivity contribution in [1.82, 2.24) is 0 Å². The number of carbonyl (C=O) groups is 2. The molecule has 144 valence electrons. The molecule has 0 aromatic heterocycles. The number of hydrogen-bond donors (Lipinski definition) is 1. The van der Waals surface area contributed by atoms with E-state index in [1.54, 1.807) is 17.8 Å². The number of esters is 1. The number of nitrogens with one attached hydrogen (secondary N) is 1. The highest BCUT2D eigenvalue weighted by atomic mass is 32.2. The molecule has 0 aliphatic rings. The highest BCUT2D eigenvalue weighted by Crippen LogP contribution is 2.27. The molecule has 0 unspecified atom stereocenters. The summed E-state index contributed by atoms with van der Waals surface area (Å²) in [5.41, 5.74) is 3.21. The van der Waals surface area contributed by atoms with Crippen LogP contribution in [0.4, 0.5) is 5.69 Å². The number of nitriles is 1. The van der Waals surface area contributed by atoms with Crippen LogP contribution in [0.2, 0.25) is 0 Å². The van der Waals surface area contributed by atoms with E-state index in [0.717, 1.165) is 38.2 Å². The molecule has 28 heavy (non-hydrogen) atoms. The Hall–Kier alpha value is -2.69. The fourth-order valence-corrected chi connectivity index (χ4v) is 3.46. The first-order valence-electron chi connectivity index (χ1n) is 8.39. The van der Waals surface area contributed by atoms with Gasteiger partial charge >= 0.3 is 5.97 Å². The SMILES string of the molecule is CSc1ccc(/C=C/C(=O)OCC(=O)Nc2c(C)cc(SC#N)cc2C)cc1. The average molecular weight is 413 g/mol. The fourth-order valence-electron chi connectivity index (χ4n) is 2.47. The Labute approximate surface area is 173 Å². The lowest BCUT2D eigenvalue weighted by Crippen LogP contribution is -2.21. The van der Waals surface area contributed by atoms with Crippen molar-refractivity contribution in [2.75, 3.05) is 18.2 Å². The first kappa shape index (κ1) is 21.6. The van der Waals surface area contributed by atoms with Gasteiger partial charge in [-0.05, 0) is 78.9 Å². The van der Waals surface area contributed by atoms with E-state index in [-0.39, 0.29) is 6.61 Å². The summed E-state index contributed by atoms with van der Waals surface area (Å²) in [5, 5.41) is 13.5. The van der Waals surface area contributed by atoms with Gasteiger partial charge in [0.15, 0.2) is 6.61 Å². The molecule has 0 atom stereocenters. The zero-order valence-corrected chi connectivity index (χ0v) is 17.4. The second kappa shape index (κ2) is 10.6. The van der Waals surface area contributed by atoms with Crippen molar-refractivity contribution in [3.05, 3.63) is 59.2 Å². The Bertz CT molecular complexity index is 909. The fraction of sp³-hybridized carbons (Fsp3) is 0.190. The van der Waals surface area contributed by atoms with Gasteiger partial charge in [-0.15, -0.1) is 11.8 Å². The number of carbonyl (C=O) groups excluding carboxylic acids is 2. The van der Waals surface area contributed by atoms with Crippen molar-refractivity contribution in [1.29, 1.82) is 5.26 Å². The van der Waals surface area contributed by atoms with Crippen LogP contribution in [0.3, 0.4) is 0 Å². The third-order valence-electron chi connectivity index (χ3n) is 3.81. The van der Waals surface area contributed by atoms with Gasteiger partial charge in [-0.3, -0.25) is 4.79 Å². The maximum atomic E-state index is 12.1. The largest absolute Gasteiger partial charge is 0.452 e. The molecule has 0 radical (unpaired) electrons. The predicted molar refractivity (Wildman–Crippen MR) is 114 cm³/mol. The Kier molecular flexibility index (Phi) is 8.18. The molecule has 2 aromatic rings. The van der Waals surface area contributed by atoms with Crippen molar-refractivity contribution < 1.29 is 14.3 Å². The minimum Gasteiger partial charge on any atom is -0.452 e. The van der Waals surface area contributed by atoms with Crippen LogP contribution in [0.15, 0.2) is 52.3 Å². The zero-order valence-electron chi connectivity index (χ0n) is 15.8. The highest BCUT2D eigenvalue weighted by Gasteiger charge is 2.11. The Balaban J connectivity index is 1.89. The van der Waals surface area contributed by atoms with Gasteiger partial charge in [-0.1, -0.05) is 12.1 Å². The third-order valence-corrected chi connectivity index (χ3v) is 5.11. The average Bonchev–Trinajstić information content (AvgIpc) is 2.68.